The Bertz CT molecular complexity index is 1510. The monoisotopic (exact) mass is 557 g/mol. The van der Waals surface area contributed by atoms with Crippen LogP contribution in [0.5, 0.6) is 11.6 Å². The summed E-state index contributed by atoms with van der Waals surface area (Å²) in [6.07, 6.45) is 0.524. The van der Waals surface area contributed by atoms with Crippen LogP contribution < -0.4 is 9.46 Å². The third-order valence-electron chi connectivity index (χ3n) is 6.55. The van der Waals surface area contributed by atoms with Gasteiger partial charge in [0, 0.05) is 37.3 Å². The fourth-order valence-electron chi connectivity index (χ4n) is 4.17. The molecule has 2 aromatic carbocycles. The molecule has 1 aliphatic heterocycles. The Labute approximate surface area is 226 Å². The van der Waals surface area contributed by atoms with Crippen molar-refractivity contribution in [3.63, 3.8) is 0 Å². The first-order chi connectivity index (χ1) is 18.5. The number of rotatable bonds is 9. The standard InChI is InChI=1S/C26H31N5O7S/c1-5-11-27-39(35,36)23-16-20(31(33)34)9-10-22(23)38-26-19(4)24(25(32)29-12-14-37-15-13-29)28-30(26)21-8-6-7-17(2)18(21)3/h6-10,16,27H,5,11-15H2,1-4H3. The van der Waals surface area contributed by atoms with Crippen molar-refractivity contribution in [2.45, 2.75) is 39.0 Å². The van der Waals surface area contributed by atoms with Gasteiger partial charge in [-0.05, 0) is 50.5 Å². The molecule has 208 valence electrons. The Morgan fingerprint density at radius 3 is 2.54 bits per heavy atom. The lowest BCUT2D eigenvalue weighted by atomic mass is 10.1. The number of carbonyl (C=O) groups is 1. The minimum Gasteiger partial charge on any atom is -0.437 e. The van der Waals surface area contributed by atoms with E-state index in [1.807, 2.05) is 32.0 Å². The summed E-state index contributed by atoms with van der Waals surface area (Å²) in [5.74, 6) is -0.309. The van der Waals surface area contributed by atoms with Crippen LogP contribution in [-0.2, 0) is 14.8 Å². The van der Waals surface area contributed by atoms with E-state index in [1.165, 1.54) is 16.8 Å². The van der Waals surface area contributed by atoms with Crippen molar-refractivity contribution in [1.29, 1.82) is 0 Å². The molecular weight excluding hydrogens is 526 g/mol. The van der Waals surface area contributed by atoms with Crippen molar-refractivity contribution < 1.29 is 27.6 Å². The van der Waals surface area contributed by atoms with Gasteiger partial charge < -0.3 is 14.4 Å². The summed E-state index contributed by atoms with van der Waals surface area (Å²) in [4.78, 5) is 25.5. The molecule has 12 nitrogen and oxygen atoms in total. The molecular formula is C26H31N5O7S. The number of benzene rings is 2. The van der Waals surface area contributed by atoms with Gasteiger partial charge in [0.15, 0.2) is 5.69 Å². The number of nitrogens with one attached hydrogen (secondary N) is 1. The van der Waals surface area contributed by atoms with Gasteiger partial charge in [0.05, 0.1) is 23.8 Å². The fraction of sp³-hybridized carbons (Fsp3) is 0.385. The minimum absolute atomic E-state index is 0.126. The number of morpholine rings is 1. The lowest BCUT2D eigenvalue weighted by Crippen LogP contribution is -2.41. The van der Waals surface area contributed by atoms with Gasteiger partial charge in [0.2, 0.25) is 15.9 Å². The van der Waals surface area contributed by atoms with Gasteiger partial charge in [-0.25, -0.2) is 13.1 Å². The highest BCUT2D eigenvalue weighted by atomic mass is 32.2. The number of nitrogens with zero attached hydrogens (tertiary/aromatic N) is 4. The van der Waals surface area contributed by atoms with E-state index in [0.29, 0.717) is 44.0 Å². The summed E-state index contributed by atoms with van der Waals surface area (Å²) in [5, 5.41) is 16.1. The summed E-state index contributed by atoms with van der Waals surface area (Å²) < 4.78 is 41.7. The highest BCUT2D eigenvalue weighted by Crippen LogP contribution is 2.36. The Morgan fingerprint density at radius 2 is 1.87 bits per heavy atom. The van der Waals surface area contributed by atoms with E-state index in [2.05, 4.69) is 9.82 Å². The van der Waals surface area contributed by atoms with Gasteiger partial charge >= 0.3 is 0 Å². The van der Waals surface area contributed by atoms with Gasteiger partial charge in [-0.3, -0.25) is 14.9 Å². The summed E-state index contributed by atoms with van der Waals surface area (Å²) in [6.45, 7) is 9.13. The normalized spacial score (nSPS) is 13.9. The summed E-state index contributed by atoms with van der Waals surface area (Å²) in [5.41, 5.74) is 2.66. The summed E-state index contributed by atoms with van der Waals surface area (Å²) in [7, 11) is -4.16. The first kappa shape index (κ1) is 28.2. The number of aryl methyl sites for hydroxylation is 1. The zero-order chi connectivity index (χ0) is 28.3. The number of nitro benzene ring substituents is 1. The van der Waals surface area contributed by atoms with E-state index < -0.39 is 20.6 Å². The van der Waals surface area contributed by atoms with Crippen molar-refractivity contribution in [1.82, 2.24) is 19.4 Å². The van der Waals surface area contributed by atoms with E-state index in [1.54, 1.807) is 18.7 Å². The van der Waals surface area contributed by atoms with Gasteiger partial charge in [0.1, 0.15) is 10.6 Å². The highest BCUT2D eigenvalue weighted by molar-refractivity contribution is 7.89. The largest absolute Gasteiger partial charge is 0.437 e. The van der Waals surface area contributed by atoms with E-state index in [4.69, 9.17) is 9.47 Å². The average molecular weight is 558 g/mol. The van der Waals surface area contributed by atoms with Crippen LogP contribution in [0.2, 0.25) is 0 Å². The number of nitro groups is 1. The molecule has 1 aliphatic rings. The quantitative estimate of drug-likeness (QED) is 0.310. The topological polar surface area (TPSA) is 146 Å². The molecule has 0 spiro atoms. The smallest absolute Gasteiger partial charge is 0.274 e. The molecule has 0 aliphatic carbocycles. The predicted octanol–water partition coefficient (Wildman–Crippen LogP) is 3.66. The zero-order valence-corrected chi connectivity index (χ0v) is 23.1. The molecule has 1 amide bonds. The molecule has 1 aromatic heterocycles. The van der Waals surface area contributed by atoms with Crippen LogP contribution in [0.15, 0.2) is 41.3 Å². The number of carbonyl (C=O) groups excluding carboxylic acids is 1. The zero-order valence-electron chi connectivity index (χ0n) is 22.3. The van der Waals surface area contributed by atoms with Crippen molar-refractivity contribution in [2.24, 2.45) is 0 Å². The van der Waals surface area contributed by atoms with Crippen LogP contribution in [0.4, 0.5) is 5.69 Å². The Balaban J connectivity index is 1.89. The van der Waals surface area contributed by atoms with E-state index in [-0.39, 0.29) is 34.7 Å². The summed E-state index contributed by atoms with van der Waals surface area (Å²) >= 11 is 0. The predicted molar refractivity (Wildman–Crippen MR) is 143 cm³/mol. The molecule has 1 N–H and O–H groups in total. The average Bonchev–Trinajstić information content (AvgIpc) is 3.24. The Kier molecular flexibility index (Phi) is 8.33. The second-order valence-corrected chi connectivity index (χ2v) is 10.9. The summed E-state index contributed by atoms with van der Waals surface area (Å²) in [6, 6.07) is 8.97. The molecule has 1 fully saturated rings. The second kappa shape index (κ2) is 11.5. The first-order valence-electron chi connectivity index (χ1n) is 12.5. The third kappa shape index (κ3) is 5.79. The van der Waals surface area contributed by atoms with Crippen molar-refractivity contribution in [3.05, 3.63) is 68.9 Å². The van der Waals surface area contributed by atoms with Gasteiger partial charge in [-0.1, -0.05) is 19.1 Å². The molecule has 1 saturated heterocycles. The molecule has 0 saturated carbocycles. The van der Waals surface area contributed by atoms with Gasteiger partial charge in [-0.2, -0.15) is 9.78 Å². The second-order valence-electron chi connectivity index (χ2n) is 9.20. The Morgan fingerprint density at radius 1 is 1.15 bits per heavy atom. The number of amides is 1. The number of ether oxygens (including phenoxy) is 2. The molecule has 0 unspecified atom stereocenters. The first-order valence-corrected chi connectivity index (χ1v) is 14.0. The third-order valence-corrected chi connectivity index (χ3v) is 8.03. The lowest BCUT2D eigenvalue weighted by Gasteiger charge is -2.26. The Hall–Kier alpha value is -3.81. The van der Waals surface area contributed by atoms with Gasteiger partial charge in [-0.15, -0.1) is 0 Å². The number of aromatic nitrogens is 2. The number of hydrogen-bond acceptors (Lipinski definition) is 8. The van der Waals surface area contributed by atoms with Crippen LogP contribution in [0.3, 0.4) is 0 Å². The molecule has 39 heavy (non-hydrogen) atoms. The lowest BCUT2D eigenvalue weighted by molar-refractivity contribution is -0.385. The maximum atomic E-state index is 13.4. The molecule has 0 bridgehead atoms. The minimum atomic E-state index is -4.16. The SMILES string of the molecule is CCCNS(=O)(=O)c1cc([N+](=O)[O-])ccc1Oc1c(C)c(C(=O)N2CCOCC2)nn1-c1cccc(C)c1C. The van der Waals surface area contributed by atoms with E-state index in [9.17, 15) is 23.3 Å². The molecule has 0 radical (unpaired) electrons. The fourth-order valence-corrected chi connectivity index (χ4v) is 5.45. The van der Waals surface area contributed by atoms with Crippen LogP contribution >= 0.6 is 0 Å². The maximum absolute atomic E-state index is 13.4. The van der Waals surface area contributed by atoms with Crippen molar-refractivity contribution >= 4 is 21.6 Å². The van der Waals surface area contributed by atoms with E-state index >= 15 is 0 Å². The molecule has 3 aromatic rings. The molecule has 0 atom stereocenters. The van der Waals surface area contributed by atoms with Crippen molar-refractivity contribution in [2.75, 3.05) is 32.8 Å². The van der Waals surface area contributed by atoms with Crippen LogP contribution in [-0.4, -0.2) is 66.8 Å². The van der Waals surface area contributed by atoms with E-state index in [0.717, 1.165) is 17.2 Å². The highest BCUT2D eigenvalue weighted by Gasteiger charge is 2.30. The van der Waals surface area contributed by atoms with Gasteiger partial charge in [0.25, 0.3) is 11.6 Å². The number of sulfonamides is 1. The number of non-ortho nitro benzene ring substituents is 1. The van der Waals surface area contributed by atoms with Crippen LogP contribution in [0.1, 0.15) is 40.5 Å². The molecule has 13 heteroatoms. The van der Waals surface area contributed by atoms with Crippen LogP contribution in [0.25, 0.3) is 5.69 Å². The maximum Gasteiger partial charge on any atom is 0.274 e. The molecule has 2 heterocycles. The number of hydrogen-bond donors (Lipinski definition) is 1. The van der Waals surface area contributed by atoms with Crippen molar-refractivity contribution in [3.8, 4) is 17.3 Å². The van der Waals surface area contributed by atoms with Crippen LogP contribution in [0, 0.1) is 30.9 Å². The molecule has 4 rings (SSSR count).